The van der Waals surface area contributed by atoms with Gasteiger partial charge in [0.2, 0.25) is 0 Å². The monoisotopic (exact) mass is 471 g/mol. The molecule has 0 spiro atoms. The Morgan fingerprint density at radius 2 is 1.88 bits per heavy atom. The highest BCUT2D eigenvalue weighted by atomic mass is 16.6. The van der Waals surface area contributed by atoms with Crippen molar-refractivity contribution in [1.29, 1.82) is 5.41 Å². The zero-order valence-electron chi connectivity index (χ0n) is 21.9. The predicted molar refractivity (Wildman–Crippen MR) is 138 cm³/mol. The third-order valence-electron chi connectivity index (χ3n) is 6.29. The van der Waals surface area contributed by atoms with Crippen molar-refractivity contribution >= 4 is 11.7 Å². The van der Waals surface area contributed by atoms with Crippen molar-refractivity contribution in [1.82, 2.24) is 0 Å². The third-order valence-corrected chi connectivity index (χ3v) is 6.29. The van der Waals surface area contributed by atoms with Crippen molar-refractivity contribution in [3.05, 3.63) is 47.2 Å². The van der Waals surface area contributed by atoms with Gasteiger partial charge in [0.1, 0.15) is 11.4 Å². The summed E-state index contributed by atoms with van der Waals surface area (Å²) >= 11 is 0. The first-order chi connectivity index (χ1) is 16.1. The van der Waals surface area contributed by atoms with Crippen molar-refractivity contribution in [3.8, 4) is 0 Å². The minimum atomic E-state index is -0.559. The molecule has 34 heavy (non-hydrogen) atoms. The van der Waals surface area contributed by atoms with E-state index in [1.54, 1.807) is 0 Å². The van der Waals surface area contributed by atoms with Gasteiger partial charge < -0.3 is 20.0 Å². The molecule has 2 atom stereocenters. The topological polar surface area (TPSA) is 79.6 Å². The molecule has 0 amide bonds. The molecule has 1 aromatic carbocycles. The fourth-order valence-corrected chi connectivity index (χ4v) is 4.50. The number of carbonyl (C=O) groups is 1. The lowest BCUT2D eigenvalue weighted by Gasteiger charge is -2.29. The van der Waals surface area contributed by atoms with Gasteiger partial charge >= 0.3 is 5.97 Å². The number of benzene rings is 1. The van der Waals surface area contributed by atoms with E-state index < -0.39 is 5.60 Å². The molecule has 5 nitrogen and oxygen atoms in total. The average molecular weight is 472 g/mol. The molecule has 0 heterocycles. The molecule has 190 valence electrons. The normalized spacial score (nSPS) is 17.6. The van der Waals surface area contributed by atoms with Crippen LogP contribution in [0.15, 0.2) is 41.7 Å². The molecule has 0 aliphatic heterocycles. The SMILES string of the molecule is CC(C)CCC1CCCC(C(=N)[C@@H](CCCOCc2ccccc2)CC(=O)OC(C)(C)C)=C1O. The lowest BCUT2D eigenvalue weighted by atomic mass is 9.79. The zero-order valence-corrected chi connectivity index (χ0v) is 21.9. The second-order valence-electron chi connectivity index (χ2n) is 11.0. The van der Waals surface area contributed by atoms with Crippen molar-refractivity contribution in [3.63, 3.8) is 0 Å². The number of allylic oxidation sites excluding steroid dienone is 2. The molecule has 2 N–H and O–H groups in total. The standard InChI is InChI=1S/C29H45NO4/c1-21(2)16-17-23-13-9-15-25(28(23)32)27(30)24(19-26(31)34-29(3,4)5)14-10-18-33-20-22-11-7-6-8-12-22/h6-8,11-12,21,23-24,30,32H,9-10,13-20H2,1-5H3/t23?,24-/m0/s1. The number of nitrogens with one attached hydrogen (secondary N) is 1. The second kappa shape index (κ2) is 13.7. The highest BCUT2D eigenvalue weighted by Crippen LogP contribution is 2.35. The number of carbonyl (C=O) groups excluding carboxylic acids is 1. The number of hydrogen-bond acceptors (Lipinski definition) is 5. The van der Waals surface area contributed by atoms with Crippen LogP contribution in [0.1, 0.15) is 91.5 Å². The summed E-state index contributed by atoms with van der Waals surface area (Å²) in [5.74, 6) is 0.526. The summed E-state index contributed by atoms with van der Waals surface area (Å²) in [5, 5.41) is 20.0. The lowest BCUT2D eigenvalue weighted by Crippen LogP contribution is -2.29. The Hall–Kier alpha value is -2.14. The molecule has 1 aliphatic rings. The van der Waals surface area contributed by atoms with Crippen LogP contribution in [0.4, 0.5) is 0 Å². The molecule has 0 aromatic heterocycles. The summed E-state index contributed by atoms with van der Waals surface area (Å²) < 4.78 is 11.4. The molecule has 2 rings (SSSR count). The minimum Gasteiger partial charge on any atom is -0.512 e. The zero-order chi connectivity index (χ0) is 25.1. The predicted octanol–water partition coefficient (Wildman–Crippen LogP) is 7.40. The number of rotatable bonds is 13. The maximum absolute atomic E-state index is 12.6. The first-order valence-electron chi connectivity index (χ1n) is 12.9. The first kappa shape index (κ1) is 28.1. The van der Waals surface area contributed by atoms with Crippen LogP contribution in [0.3, 0.4) is 0 Å². The fourth-order valence-electron chi connectivity index (χ4n) is 4.50. The van der Waals surface area contributed by atoms with Crippen LogP contribution in [0.5, 0.6) is 0 Å². The van der Waals surface area contributed by atoms with Crippen LogP contribution in [0, 0.1) is 23.2 Å². The Kier molecular flexibility index (Phi) is 11.3. The molecule has 1 aliphatic carbocycles. The highest BCUT2D eigenvalue weighted by molar-refractivity contribution is 6.01. The average Bonchev–Trinajstić information content (AvgIpc) is 2.76. The molecule has 0 fully saturated rings. The van der Waals surface area contributed by atoms with Gasteiger partial charge in [-0.05, 0) is 70.8 Å². The van der Waals surface area contributed by atoms with E-state index in [-0.39, 0.29) is 24.2 Å². The largest absolute Gasteiger partial charge is 0.512 e. The lowest BCUT2D eigenvalue weighted by molar-refractivity contribution is -0.155. The van der Waals surface area contributed by atoms with Crippen LogP contribution >= 0.6 is 0 Å². The second-order valence-corrected chi connectivity index (χ2v) is 11.0. The van der Waals surface area contributed by atoms with Crippen LogP contribution in [-0.2, 0) is 20.9 Å². The van der Waals surface area contributed by atoms with Gasteiger partial charge in [-0.1, -0.05) is 50.6 Å². The van der Waals surface area contributed by atoms with Gasteiger partial charge in [-0.3, -0.25) is 4.79 Å². The van der Waals surface area contributed by atoms with Crippen LogP contribution in [0.25, 0.3) is 0 Å². The van der Waals surface area contributed by atoms with Crippen molar-refractivity contribution in [2.24, 2.45) is 17.8 Å². The fraction of sp³-hybridized carbons (Fsp3) is 0.655. The maximum Gasteiger partial charge on any atom is 0.306 e. The summed E-state index contributed by atoms with van der Waals surface area (Å²) in [5.41, 5.74) is 1.72. The van der Waals surface area contributed by atoms with Gasteiger partial charge in [0.05, 0.1) is 13.0 Å². The molecule has 1 unspecified atom stereocenters. The molecule has 5 heteroatoms. The van der Waals surface area contributed by atoms with Crippen LogP contribution < -0.4 is 0 Å². The first-order valence-corrected chi connectivity index (χ1v) is 12.9. The molecular weight excluding hydrogens is 426 g/mol. The Labute approximate surface area is 206 Å². The van der Waals surface area contributed by atoms with Gasteiger partial charge in [-0.2, -0.15) is 0 Å². The van der Waals surface area contributed by atoms with Gasteiger partial charge in [-0.15, -0.1) is 0 Å². The van der Waals surface area contributed by atoms with Gasteiger partial charge in [0.25, 0.3) is 0 Å². The Balaban J connectivity index is 2.03. The summed E-state index contributed by atoms with van der Waals surface area (Å²) in [4.78, 5) is 12.6. The molecule has 0 bridgehead atoms. The van der Waals surface area contributed by atoms with E-state index >= 15 is 0 Å². The van der Waals surface area contributed by atoms with Crippen molar-refractivity contribution in [2.75, 3.05) is 6.61 Å². The quantitative estimate of drug-likeness (QED) is 0.178. The number of aliphatic hydroxyl groups excluding tert-OH is 1. The molecule has 0 saturated carbocycles. The molecule has 1 aromatic rings. The Morgan fingerprint density at radius 3 is 2.53 bits per heavy atom. The number of aliphatic hydroxyl groups is 1. The minimum absolute atomic E-state index is 0.128. The van der Waals surface area contributed by atoms with E-state index in [4.69, 9.17) is 14.9 Å². The maximum atomic E-state index is 12.6. The van der Waals surface area contributed by atoms with Gasteiger partial charge in [0, 0.05) is 29.7 Å². The molecule has 0 saturated heterocycles. The highest BCUT2D eigenvalue weighted by Gasteiger charge is 2.30. The van der Waals surface area contributed by atoms with E-state index in [9.17, 15) is 9.90 Å². The van der Waals surface area contributed by atoms with E-state index in [0.717, 1.165) is 43.2 Å². The number of esters is 1. The Bertz CT molecular complexity index is 807. The van der Waals surface area contributed by atoms with Crippen molar-refractivity contribution < 1.29 is 19.4 Å². The summed E-state index contributed by atoms with van der Waals surface area (Å²) in [7, 11) is 0. The number of hydrogen-bond donors (Lipinski definition) is 2. The molecule has 0 radical (unpaired) electrons. The summed E-state index contributed by atoms with van der Waals surface area (Å²) in [6.45, 7) is 11.1. The molecular formula is C29H45NO4. The Morgan fingerprint density at radius 1 is 1.18 bits per heavy atom. The van der Waals surface area contributed by atoms with Gasteiger partial charge in [0.15, 0.2) is 0 Å². The third kappa shape index (κ3) is 10.0. The summed E-state index contributed by atoms with van der Waals surface area (Å²) in [6.07, 6.45) is 6.22. The van der Waals surface area contributed by atoms with E-state index in [1.807, 2.05) is 51.1 Å². The number of ether oxygens (including phenoxy) is 2. The van der Waals surface area contributed by atoms with Crippen LogP contribution in [0.2, 0.25) is 0 Å². The van der Waals surface area contributed by atoms with Crippen LogP contribution in [-0.4, -0.2) is 29.0 Å². The van der Waals surface area contributed by atoms with E-state index in [0.29, 0.717) is 43.4 Å². The summed E-state index contributed by atoms with van der Waals surface area (Å²) in [6, 6.07) is 10.1. The van der Waals surface area contributed by atoms with Gasteiger partial charge in [-0.25, -0.2) is 0 Å². The van der Waals surface area contributed by atoms with E-state index in [2.05, 4.69) is 13.8 Å². The smallest absolute Gasteiger partial charge is 0.306 e. The van der Waals surface area contributed by atoms with Crippen molar-refractivity contribution in [2.45, 2.75) is 98.2 Å². The van der Waals surface area contributed by atoms with E-state index in [1.165, 1.54) is 0 Å².